The summed E-state index contributed by atoms with van der Waals surface area (Å²) in [6.07, 6.45) is 7.92. The Labute approximate surface area is 194 Å². The first-order valence-corrected chi connectivity index (χ1v) is 13.8. The highest BCUT2D eigenvalue weighted by Gasteiger charge is 2.39. The number of primary sulfonamides is 1. The van der Waals surface area contributed by atoms with Crippen LogP contribution >= 0.6 is 23.4 Å². The molecule has 0 spiro atoms. The van der Waals surface area contributed by atoms with Gasteiger partial charge in [0.1, 0.15) is 0 Å². The monoisotopic (exact) mass is 479 g/mol. The van der Waals surface area contributed by atoms with Crippen molar-refractivity contribution in [3.8, 4) is 0 Å². The number of hydrogen-bond acceptors (Lipinski definition) is 5. The Bertz CT molecular complexity index is 1030. The van der Waals surface area contributed by atoms with Gasteiger partial charge in [-0.3, -0.25) is 0 Å². The quantitative estimate of drug-likeness (QED) is 0.540. The van der Waals surface area contributed by atoms with Gasteiger partial charge in [-0.05, 0) is 49.1 Å². The van der Waals surface area contributed by atoms with Crippen LogP contribution in [0.4, 0.5) is 11.4 Å². The van der Waals surface area contributed by atoms with E-state index < -0.39 is 14.7 Å². The molecule has 2 aliphatic rings. The summed E-state index contributed by atoms with van der Waals surface area (Å²) in [5.74, 6) is 0.808. The average molecular weight is 480 g/mol. The van der Waals surface area contributed by atoms with E-state index in [1.54, 1.807) is 6.07 Å². The van der Waals surface area contributed by atoms with Gasteiger partial charge in [0, 0.05) is 28.2 Å². The number of para-hydroxylation sites is 1. The lowest BCUT2D eigenvalue weighted by Crippen LogP contribution is -2.37. The third-order valence-electron chi connectivity index (χ3n) is 6.20. The maximum absolute atomic E-state index is 12.4. The Morgan fingerprint density at radius 3 is 2.65 bits per heavy atom. The first-order valence-electron chi connectivity index (χ1n) is 10.9. The lowest BCUT2D eigenvalue weighted by Gasteiger charge is -2.28. The van der Waals surface area contributed by atoms with Crippen LogP contribution in [0.1, 0.15) is 51.0 Å². The molecule has 3 N–H and O–H groups in total. The summed E-state index contributed by atoms with van der Waals surface area (Å²) in [7, 11) is -3.82. The Balaban J connectivity index is 1.57. The second-order valence-corrected chi connectivity index (χ2v) is 12.1. The first-order chi connectivity index (χ1) is 14.8. The lowest BCUT2D eigenvalue weighted by atomic mass is 9.85. The summed E-state index contributed by atoms with van der Waals surface area (Å²) < 4.78 is 24.0. The third-order valence-corrected chi connectivity index (χ3v) is 9.32. The molecule has 31 heavy (non-hydrogen) atoms. The average Bonchev–Trinajstić information content (AvgIpc) is 3.12. The number of nitrogens with zero attached hydrogens (tertiary/aromatic N) is 1. The number of nitrogens with one attached hydrogen (secondary N) is 1. The molecular weight excluding hydrogens is 450 g/mol. The Morgan fingerprint density at radius 2 is 1.90 bits per heavy atom. The highest BCUT2D eigenvalue weighted by molar-refractivity contribution is 8.13. The summed E-state index contributed by atoms with van der Waals surface area (Å²) >= 11 is 7.49. The highest BCUT2D eigenvalue weighted by atomic mass is 35.5. The van der Waals surface area contributed by atoms with Crippen molar-refractivity contribution < 1.29 is 8.42 Å². The molecule has 5 nitrogen and oxygen atoms in total. The number of rotatable bonds is 7. The van der Waals surface area contributed by atoms with E-state index >= 15 is 0 Å². The number of halogens is 1. The number of nitrogens with two attached hydrogens (primary N) is 1. The van der Waals surface area contributed by atoms with Gasteiger partial charge in [-0.25, -0.2) is 13.6 Å². The maximum Gasteiger partial charge on any atom is 0.240 e. The van der Waals surface area contributed by atoms with E-state index in [1.807, 2.05) is 41.3 Å². The van der Waals surface area contributed by atoms with Gasteiger partial charge in [-0.1, -0.05) is 73.7 Å². The van der Waals surface area contributed by atoms with Crippen LogP contribution in [0.25, 0.3) is 0 Å². The van der Waals surface area contributed by atoms with E-state index in [-0.39, 0.29) is 0 Å². The topological polar surface area (TPSA) is 75.4 Å². The SMILES string of the molecule is CC(CC1CCCCC1)NCc1ccccc1N1c2cc(Cl)ccc2SC1S(N)(=O)=O. The lowest BCUT2D eigenvalue weighted by molar-refractivity contribution is 0.304. The number of anilines is 2. The molecule has 0 saturated heterocycles. The summed E-state index contributed by atoms with van der Waals surface area (Å²) in [5.41, 5.74) is 2.66. The molecule has 168 valence electrons. The van der Waals surface area contributed by atoms with E-state index in [4.69, 9.17) is 16.7 Å². The van der Waals surface area contributed by atoms with Gasteiger partial charge < -0.3 is 10.2 Å². The zero-order valence-electron chi connectivity index (χ0n) is 17.8. The van der Waals surface area contributed by atoms with Crippen molar-refractivity contribution in [3.63, 3.8) is 0 Å². The van der Waals surface area contributed by atoms with Crippen molar-refractivity contribution in [2.45, 2.75) is 67.6 Å². The van der Waals surface area contributed by atoms with Crippen molar-refractivity contribution in [1.29, 1.82) is 0 Å². The minimum atomic E-state index is -3.82. The van der Waals surface area contributed by atoms with Crippen LogP contribution in [0.5, 0.6) is 0 Å². The third kappa shape index (κ3) is 5.40. The van der Waals surface area contributed by atoms with Crippen molar-refractivity contribution >= 4 is 44.8 Å². The van der Waals surface area contributed by atoms with Gasteiger partial charge in [0.2, 0.25) is 14.7 Å². The number of sulfonamides is 1. The summed E-state index contributed by atoms with van der Waals surface area (Å²) in [5, 5.41) is 9.85. The molecule has 0 radical (unpaired) electrons. The van der Waals surface area contributed by atoms with Crippen LogP contribution in [-0.2, 0) is 16.6 Å². The predicted octanol–water partition coefficient (Wildman–Crippen LogP) is 5.60. The minimum Gasteiger partial charge on any atom is -0.313 e. The molecular formula is C23H30ClN3O2S2. The molecule has 8 heteroatoms. The molecule has 0 aromatic heterocycles. The number of thioether (sulfide) groups is 1. The van der Waals surface area contributed by atoms with Crippen LogP contribution in [0, 0.1) is 5.92 Å². The molecule has 2 atom stereocenters. The van der Waals surface area contributed by atoms with Gasteiger partial charge in [-0.15, -0.1) is 0 Å². The molecule has 2 aromatic rings. The largest absolute Gasteiger partial charge is 0.313 e. The zero-order valence-corrected chi connectivity index (χ0v) is 20.1. The molecule has 2 unspecified atom stereocenters. The van der Waals surface area contributed by atoms with Crippen LogP contribution in [0.3, 0.4) is 0 Å². The molecule has 1 aliphatic heterocycles. The second kappa shape index (κ2) is 9.71. The molecule has 0 amide bonds. The first kappa shape index (κ1) is 22.9. The van der Waals surface area contributed by atoms with Gasteiger partial charge in [-0.2, -0.15) is 0 Å². The van der Waals surface area contributed by atoms with E-state index in [0.717, 1.165) is 27.8 Å². The second-order valence-electron chi connectivity index (χ2n) is 8.65. The van der Waals surface area contributed by atoms with Crippen molar-refractivity contribution in [3.05, 3.63) is 53.1 Å². The van der Waals surface area contributed by atoms with Gasteiger partial charge >= 0.3 is 0 Å². The molecule has 0 bridgehead atoms. The van der Waals surface area contributed by atoms with Gasteiger partial charge in [0.25, 0.3) is 0 Å². The minimum absolute atomic E-state index is 0.403. The van der Waals surface area contributed by atoms with Crippen molar-refractivity contribution in [2.75, 3.05) is 4.90 Å². The standard InChI is InChI=1S/C23H30ClN3O2S2/c1-16(13-17-7-3-2-4-8-17)26-15-18-9-5-6-10-20(18)27-21-14-19(24)11-12-22(21)30-23(27)31(25,28)29/h5-6,9-12,14,16-17,23,26H,2-4,7-8,13,15H2,1H3,(H2,25,28,29). The summed E-state index contributed by atoms with van der Waals surface area (Å²) in [4.78, 5) is 2.67. The number of fused-ring (bicyclic) bond motifs is 1. The summed E-state index contributed by atoms with van der Waals surface area (Å²) in [6, 6.07) is 13.8. The molecule has 1 aliphatic carbocycles. The Morgan fingerprint density at radius 1 is 1.16 bits per heavy atom. The van der Waals surface area contributed by atoms with E-state index in [9.17, 15) is 8.42 Å². The van der Waals surface area contributed by atoms with Gasteiger partial charge in [0.15, 0.2) is 0 Å². The molecule has 2 aromatic carbocycles. The van der Waals surface area contributed by atoms with E-state index in [2.05, 4.69) is 12.2 Å². The van der Waals surface area contributed by atoms with Crippen LogP contribution in [0.2, 0.25) is 5.02 Å². The maximum atomic E-state index is 12.4. The normalized spacial score (nSPS) is 20.6. The number of hydrogen-bond donors (Lipinski definition) is 2. The van der Waals surface area contributed by atoms with Crippen LogP contribution in [0.15, 0.2) is 47.4 Å². The smallest absolute Gasteiger partial charge is 0.240 e. The molecule has 1 fully saturated rings. The Hall–Kier alpha value is -1.25. The fraction of sp³-hybridized carbons (Fsp3) is 0.478. The Kier molecular flexibility index (Phi) is 7.18. The molecule has 1 saturated carbocycles. The summed E-state index contributed by atoms with van der Waals surface area (Å²) in [6.45, 7) is 2.91. The van der Waals surface area contributed by atoms with Crippen LogP contribution < -0.4 is 15.4 Å². The molecule has 4 rings (SSSR count). The van der Waals surface area contributed by atoms with Crippen molar-refractivity contribution in [2.24, 2.45) is 11.1 Å². The van der Waals surface area contributed by atoms with E-state index in [1.165, 1.54) is 50.3 Å². The van der Waals surface area contributed by atoms with Gasteiger partial charge in [0.05, 0.1) is 5.69 Å². The number of benzene rings is 2. The predicted molar refractivity (Wildman–Crippen MR) is 130 cm³/mol. The fourth-order valence-electron chi connectivity index (χ4n) is 4.70. The highest BCUT2D eigenvalue weighted by Crippen LogP contribution is 2.50. The zero-order chi connectivity index (χ0) is 22.0. The fourth-order valence-corrected chi connectivity index (χ4v) is 7.21. The van der Waals surface area contributed by atoms with Crippen molar-refractivity contribution in [1.82, 2.24) is 5.32 Å². The van der Waals surface area contributed by atoms with Crippen LogP contribution in [-0.4, -0.2) is 19.2 Å². The molecule has 1 heterocycles. The van der Waals surface area contributed by atoms with E-state index in [0.29, 0.717) is 17.6 Å².